The van der Waals surface area contributed by atoms with Crippen molar-refractivity contribution in [3.8, 4) is 0 Å². The Labute approximate surface area is 120 Å². The summed E-state index contributed by atoms with van der Waals surface area (Å²) in [7, 11) is 0. The normalized spacial score (nSPS) is 24.1. The third-order valence-electron chi connectivity index (χ3n) is 3.98. The fraction of sp³-hybridized carbons (Fsp3) is 0.786. The highest BCUT2D eigenvalue weighted by atomic mass is 32.1. The highest BCUT2D eigenvalue weighted by Gasteiger charge is 2.29. The van der Waals surface area contributed by atoms with E-state index in [0.29, 0.717) is 6.04 Å². The number of rotatable bonds is 8. The highest BCUT2D eigenvalue weighted by Crippen LogP contribution is 2.25. The second kappa shape index (κ2) is 7.94. The molecule has 4 nitrogen and oxygen atoms in total. The molecule has 19 heavy (non-hydrogen) atoms. The predicted octanol–water partition coefficient (Wildman–Crippen LogP) is 1.68. The Morgan fingerprint density at radius 3 is 3.16 bits per heavy atom. The monoisotopic (exact) mass is 282 g/mol. The maximum absolute atomic E-state index is 5.63. The lowest BCUT2D eigenvalue weighted by Gasteiger charge is -2.24. The molecule has 108 valence electrons. The first-order valence-electron chi connectivity index (χ1n) is 7.36. The molecule has 3 N–H and O–H groups in total. The number of hydrogen-bond donors (Lipinski definition) is 2. The van der Waals surface area contributed by atoms with Gasteiger partial charge in [-0.3, -0.25) is 4.90 Å². The van der Waals surface area contributed by atoms with Gasteiger partial charge in [-0.05, 0) is 31.8 Å². The predicted molar refractivity (Wildman–Crippen MR) is 81.3 cm³/mol. The molecule has 1 aromatic rings. The summed E-state index contributed by atoms with van der Waals surface area (Å²) in [5.41, 5.74) is 5.63. The summed E-state index contributed by atoms with van der Waals surface area (Å²) in [6.45, 7) is 7.47. The molecule has 1 fully saturated rings. The van der Waals surface area contributed by atoms with Crippen molar-refractivity contribution in [2.24, 2.45) is 11.7 Å². The second-order valence-electron chi connectivity index (χ2n) is 5.36. The molecule has 2 heterocycles. The standard InChI is InChI=1S/C14H26N4S/c1-2-12-8-13(18(11-12)6-3-4-15)9-16-10-14-17-5-7-19-14/h5,7,12-13,16H,2-4,6,8-11,15H2,1H3/t12-,13+/m1/s1. The summed E-state index contributed by atoms with van der Waals surface area (Å²) >= 11 is 1.72. The van der Waals surface area contributed by atoms with E-state index in [1.165, 1.54) is 24.4 Å². The van der Waals surface area contributed by atoms with E-state index in [4.69, 9.17) is 5.73 Å². The molecule has 0 aliphatic carbocycles. The average molecular weight is 282 g/mol. The van der Waals surface area contributed by atoms with Crippen LogP contribution in [0.3, 0.4) is 0 Å². The minimum absolute atomic E-state index is 0.677. The van der Waals surface area contributed by atoms with E-state index in [2.05, 4.69) is 22.1 Å². The Balaban J connectivity index is 1.75. The van der Waals surface area contributed by atoms with E-state index in [1.807, 2.05) is 11.6 Å². The lowest BCUT2D eigenvalue weighted by atomic mass is 10.0. The minimum atomic E-state index is 0.677. The van der Waals surface area contributed by atoms with E-state index in [-0.39, 0.29) is 0 Å². The molecule has 2 atom stereocenters. The first-order chi connectivity index (χ1) is 9.33. The second-order valence-corrected chi connectivity index (χ2v) is 6.34. The smallest absolute Gasteiger partial charge is 0.106 e. The Morgan fingerprint density at radius 2 is 2.47 bits per heavy atom. The van der Waals surface area contributed by atoms with Crippen LogP contribution in [0.15, 0.2) is 11.6 Å². The van der Waals surface area contributed by atoms with Crippen LogP contribution >= 0.6 is 11.3 Å². The van der Waals surface area contributed by atoms with E-state index in [9.17, 15) is 0 Å². The number of nitrogens with one attached hydrogen (secondary N) is 1. The van der Waals surface area contributed by atoms with Crippen molar-refractivity contribution >= 4 is 11.3 Å². The SMILES string of the molecule is CC[C@@H]1C[C@@H](CNCc2nccs2)N(CCCN)C1. The minimum Gasteiger partial charge on any atom is -0.330 e. The average Bonchev–Trinajstić information content (AvgIpc) is 3.06. The molecule has 0 saturated carbocycles. The van der Waals surface area contributed by atoms with Crippen LogP contribution < -0.4 is 11.1 Å². The Bertz CT molecular complexity index is 341. The quantitative estimate of drug-likeness (QED) is 0.762. The van der Waals surface area contributed by atoms with E-state index in [1.54, 1.807) is 11.3 Å². The van der Waals surface area contributed by atoms with Gasteiger partial charge >= 0.3 is 0 Å². The molecule has 1 aromatic heterocycles. The van der Waals surface area contributed by atoms with Gasteiger partial charge in [0.15, 0.2) is 0 Å². The van der Waals surface area contributed by atoms with Crippen LogP contribution in [-0.4, -0.2) is 42.1 Å². The lowest BCUT2D eigenvalue weighted by Crippen LogP contribution is -2.38. The summed E-state index contributed by atoms with van der Waals surface area (Å²) < 4.78 is 0. The van der Waals surface area contributed by atoms with Gasteiger partial charge in [-0.25, -0.2) is 4.98 Å². The molecule has 5 heteroatoms. The zero-order valence-electron chi connectivity index (χ0n) is 11.8. The van der Waals surface area contributed by atoms with Crippen molar-refractivity contribution in [1.29, 1.82) is 0 Å². The van der Waals surface area contributed by atoms with Crippen LogP contribution in [0.2, 0.25) is 0 Å². The maximum atomic E-state index is 5.63. The Kier molecular flexibility index (Phi) is 6.23. The topological polar surface area (TPSA) is 54.2 Å². The van der Waals surface area contributed by atoms with Crippen molar-refractivity contribution in [2.75, 3.05) is 26.2 Å². The van der Waals surface area contributed by atoms with Crippen LogP contribution in [0.4, 0.5) is 0 Å². The number of aromatic nitrogens is 1. The third kappa shape index (κ3) is 4.53. The molecule has 1 saturated heterocycles. The van der Waals surface area contributed by atoms with Gasteiger partial charge in [-0.1, -0.05) is 13.3 Å². The van der Waals surface area contributed by atoms with Gasteiger partial charge < -0.3 is 11.1 Å². The van der Waals surface area contributed by atoms with Gasteiger partial charge in [0.05, 0.1) is 0 Å². The number of nitrogens with zero attached hydrogens (tertiary/aromatic N) is 2. The summed E-state index contributed by atoms with van der Waals surface area (Å²) in [5, 5.41) is 6.77. The number of nitrogens with two attached hydrogens (primary N) is 1. The fourth-order valence-electron chi connectivity index (χ4n) is 2.85. The zero-order valence-corrected chi connectivity index (χ0v) is 12.7. The van der Waals surface area contributed by atoms with E-state index >= 15 is 0 Å². The van der Waals surface area contributed by atoms with Crippen molar-refractivity contribution < 1.29 is 0 Å². The Morgan fingerprint density at radius 1 is 1.58 bits per heavy atom. The molecular formula is C14H26N4S. The van der Waals surface area contributed by atoms with E-state index in [0.717, 1.165) is 38.5 Å². The van der Waals surface area contributed by atoms with E-state index < -0.39 is 0 Å². The summed E-state index contributed by atoms with van der Waals surface area (Å²) in [6.07, 6.45) is 5.60. The summed E-state index contributed by atoms with van der Waals surface area (Å²) in [4.78, 5) is 6.93. The zero-order chi connectivity index (χ0) is 13.5. The van der Waals surface area contributed by atoms with Gasteiger partial charge in [-0.2, -0.15) is 0 Å². The van der Waals surface area contributed by atoms with Crippen LogP contribution in [0.1, 0.15) is 31.2 Å². The summed E-state index contributed by atoms with van der Waals surface area (Å²) in [6, 6.07) is 0.677. The van der Waals surface area contributed by atoms with Gasteiger partial charge in [0, 0.05) is 37.3 Å². The van der Waals surface area contributed by atoms with Crippen LogP contribution in [0.25, 0.3) is 0 Å². The lowest BCUT2D eigenvalue weighted by molar-refractivity contribution is 0.242. The van der Waals surface area contributed by atoms with Gasteiger partial charge in [0.25, 0.3) is 0 Å². The first kappa shape index (κ1) is 14.9. The number of likely N-dealkylation sites (tertiary alicyclic amines) is 1. The van der Waals surface area contributed by atoms with Crippen molar-refractivity contribution in [3.05, 3.63) is 16.6 Å². The highest BCUT2D eigenvalue weighted by molar-refractivity contribution is 7.09. The summed E-state index contributed by atoms with van der Waals surface area (Å²) in [5.74, 6) is 0.865. The maximum Gasteiger partial charge on any atom is 0.106 e. The van der Waals surface area contributed by atoms with Crippen molar-refractivity contribution in [3.63, 3.8) is 0 Å². The molecular weight excluding hydrogens is 256 g/mol. The van der Waals surface area contributed by atoms with Gasteiger partial charge in [0.2, 0.25) is 0 Å². The fourth-order valence-corrected chi connectivity index (χ4v) is 3.44. The first-order valence-corrected chi connectivity index (χ1v) is 8.24. The molecule has 1 aliphatic heterocycles. The molecule has 0 unspecified atom stereocenters. The molecule has 0 radical (unpaired) electrons. The van der Waals surface area contributed by atoms with Crippen molar-refractivity contribution in [1.82, 2.24) is 15.2 Å². The third-order valence-corrected chi connectivity index (χ3v) is 4.76. The Hall–Kier alpha value is -0.490. The number of thiazole rings is 1. The van der Waals surface area contributed by atoms with Crippen LogP contribution in [0, 0.1) is 5.92 Å². The molecule has 0 bridgehead atoms. The molecule has 0 aromatic carbocycles. The van der Waals surface area contributed by atoms with Crippen LogP contribution in [-0.2, 0) is 6.54 Å². The molecule has 0 amide bonds. The van der Waals surface area contributed by atoms with Gasteiger partial charge in [0.1, 0.15) is 5.01 Å². The largest absolute Gasteiger partial charge is 0.330 e. The number of hydrogen-bond acceptors (Lipinski definition) is 5. The van der Waals surface area contributed by atoms with Crippen molar-refractivity contribution in [2.45, 2.75) is 38.8 Å². The molecule has 2 rings (SSSR count). The van der Waals surface area contributed by atoms with Gasteiger partial charge in [-0.15, -0.1) is 11.3 Å². The molecule has 0 spiro atoms. The van der Waals surface area contributed by atoms with Crippen LogP contribution in [0.5, 0.6) is 0 Å². The molecule has 1 aliphatic rings.